The Labute approximate surface area is 348 Å². The van der Waals surface area contributed by atoms with Gasteiger partial charge in [0, 0.05) is 26.2 Å². The molecular formula is C41H51N9S5. The van der Waals surface area contributed by atoms with Crippen LogP contribution in [0.4, 0.5) is 0 Å². The Morgan fingerprint density at radius 2 is 0.764 bits per heavy atom. The standard InChI is InChI=1S/C18H12N6S2.C13H15N3S2.C6H14.C4H10S/c1-3-7-13(8-4-1)15-11-19-23-17(21-15)25-26-18-22-16(12-20-24-18)14-9-5-2-6-10-14;1-13(2,3)18-17-12-15-11(9-14-16-12)10-7-5-4-6-8-10;1-3-5-6-4-2;1-4(2,3)5/h1-12H;4-9H,1-3H3;3-6H2,1-2H3;5H,1-3H3. The number of nitrogens with zero attached hydrogens (tertiary/aromatic N) is 9. The maximum absolute atomic E-state index is 4.53. The summed E-state index contributed by atoms with van der Waals surface area (Å²) in [7, 11) is 6.02. The van der Waals surface area contributed by atoms with Gasteiger partial charge in [-0.2, -0.15) is 27.9 Å². The average molecular weight is 830 g/mol. The molecule has 290 valence electrons. The lowest BCUT2D eigenvalue weighted by molar-refractivity contribution is 0.702. The highest BCUT2D eigenvalue weighted by atomic mass is 33.1. The van der Waals surface area contributed by atoms with Crippen molar-refractivity contribution in [2.45, 2.75) is 106 Å². The molecule has 0 saturated heterocycles. The zero-order chi connectivity index (χ0) is 39.9. The van der Waals surface area contributed by atoms with Crippen LogP contribution in [-0.4, -0.2) is 55.0 Å². The van der Waals surface area contributed by atoms with Gasteiger partial charge < -0.3 is 0 Å². The zero-order valence-electron chi connectivity index (χ0n) is 32.8. The van der Waals surface area contributed by atoms with Crippen LogP contribution >= 0.6 is 55.8 Å². The largest absolute Gasteiger partial charge is 0.220 e. The number of unbranched alkanes of at least 4 members (excludes halogenated alkanes) is 3. The monoisotopic (exact) mass is 829 g/mol. The molecule has 0 aliphatic rings. The molecular weight excluding hydrogens is 779 g/mol. The van der Waals surface area contributed by atoms with E-state index in [-0.39, 0.29) is 9.49 Å². The molecule has 0 fully saturated rings. The van der Waals surface area contributed by atoms with Crippen molar-refractivity contribution in [1.82, 2.24) is 45.5 Å². The Hall–Kier alpha value is -3.56. The Kier molecular flexibility index (Phi) is 20.7. The van der Waals surface area contributed by atoms with Gasteiger partial charge in [-0.1, -0.05) is 183 Å². The topological polar surface area (TPSA) is 116 Å². The summed E-state index contributed by atoms with van der Waals surface area (Å²) in [6.07, 6.45) is 10.5. The second kappa shape index (κ2) is 24.8. The second-order valence-electron chi connectivity index (χ2n) is 13.8. The highest BCUT2D eigenvalue weighted by Crippen LogP contribution is 2.39. The fraction of sp³-hybridized carbons (Fsp3) is 0.341. The predicted octanol–water partition coefficient (Wildman–Crippen LogP) is 12.6. The second-order valence-corrected chi connectivity index (χ2v) is 20.1. The van der Waals surface area contributed by atoms with Gasteiger partial charge in [0.2, 0.25) is 15.5 Å². The number of rotatable bonds is 11. The number of hydrogen-bond donors (Lipinski definition) is 1. The molecule has 6 aromatic rings. The molecule has 6 rings (SSSR count). The van der Waals surface area contributed by atoms with Crippen molar-refractivity contribution in [3.8, 4) is 33.8 Å². The molecule has 0 atom stereocenters. The van der Waals surface area contributed by atoms with Gasteiger partial charge in [-0.15, -0.1) is 15.3 Å². The SMILES string of the molecule is CC(C)(C)S.CC(C)(C)SSc1nncc(-c2ccccc2)n1.CCCCCC.c1ccc(-c2cnnc(SSc3nncc(-c4ccccc4)n3)n2)cc1. The van der Waals surface area contributed by atoms with Crippen molar-refractivity contribution >= 4 is 55.8 Å². The van der Waals surface area contributed by atoms with Gasteiger partial charge in [-0.05, 0) is 32.4 Å². The van der Waals surface area contributed by atoms with E-state index in [0.29, 0.717) is 15.5 Å². The molecule has 0 spiro atoms. The van der Waals surface area contributed by atoms with Gasteiger partial charge in [0.05, 0.1) is 35.7 Å². The molecule has 0 amide bonds. The first kappa shape index (κ1) is 45.8. The van der Waals surface area contributed by atoms with Crippen molar-refractivity contribution in [2.75, 3.05) is 0 Å². The van der Waals surface area contributed by atoms with Crippen molar-refractivity contribution in [2.24, 2.45) is 0 Å². The number of hydrogen-bond acceptors (Lipinski definition) is 14. The van der Waals surface area contributed by atoms with Crippen LogP contribution in [0.25, 0.3) is 33.8 Å². The number of aromatic nitrogens is 9. The molecule has 3 aromatic heterocycles. The van der Waals surface area contributed by atoms with Gasteiger partial charge >= 0.3 is 0 Å². The molecule has 0 aliphatic heterocycles. The number of thiol groups is 1. The third-order valence-electron chi connectivity index (χ3n) is 6.34. The first-order valence-corrected chi connectivity index (χ1v) is 22.8. The van der Waals surface area contributed by atoms with Crippen LogP contribution < -0.4 is 0 Å². The Balaban J connectivity index is 0.000000242. The molecule has 55 heavy (non-hydrogen) atoms. The summed E-state index contributed by atoms with van der Waals surface area (Å²) in [6.45, 7) is 17.1. The van der Waals surface area contributed by atoms with Crippen LogP contribution in [0.1, 0.15) is 81.1 Å². The number of benzene rings is 3. The molecule has 0 bridgehead atoms. The van der Waals surface area contributed by atoms with E-state index in [1.807, 2.05) is 91.0 Å². The summed E-state index contributed by atoms with van der Waals surface area (Å²) in [5.74, 6) is 0. The molecule has 0 aliphatic carbocycles. The minimum absolute atomic E-state index is 0.177. The van der Waals surface area contributed by atoms with Crippen LogP contribution in [0.3, 0.4) is 0 Å². The molecule has 3 heterocycles. The van der Waals surface area contributed by atoms with Gasteiger partial charge in [0.1, 0.15) is 0 Å². The molecule has 9 nitrogen and oxygen atoms in total. The molecule has 14 heteroatoms. The Morgan fingerprint density at radius 3 is 1.04 bits per heavy atom. The van der Waals surface area contributed by atoms with E-state index in [4.69, 9.17) is 0 Å². The summed E-state index contributed by atoms with van der Waals surface area (Å²) in [5, 5.41) is 26.1. The van der Waals surface area contributed by atoms with E-state index in [9.17, 15) is 0 Å². The quantitative estimate of drug-likeness (QED) is 0.0759. The van der Waals surface area contributed by atoms with E-state index < -0.39 is 0 Å². The zero-order valence-corrected chi connectivity index (χ0v) is 37.0. The molecule has 0 unspecified atom stereocenters. The van der Waals surface area contributed by atoms with E-state index in [1.54, 1.807) is 40.2 Å². The minimum Gasteiger partial charge on any atom is -0.219 e. The summed E-state index contributed by atoms with van der Waals surface area (Å²) in [4.78, 5) is 13.6. The summed E-state index contributed by atoms with van der Waals surface area (Å²) in [6, 6.07) is 29.8. The summed E-state index contributed by atoms with van der Waals surface area (Å²) < 4.78 is 0.372. The van der Waals surface area contributed by atoms with Gasteiger partial charge in [0.15, 0.2) is 0 Å². The highest BCUT2D eigenvalue weighted by molar-refractivity contribution is 8.77. The lowest BCUT2D eigenvalue weighted by Crippen LogP contribution is -2.05. The van der Waals surface area contributed by atoms with Crippen LogP contribution in [0, 0.1) is 0 Å². The lowest BCUT2D eigenvalue weighted by Gasteiger charge is -2.15. The van der Waals surface area contributed by atoms with Gasteiger partial charge in [0.25, 0.3) is 0 Å². The molecule has 3 aromatic carbocycles. The molecule has 0 radical (unpaired) electrons. The van der Waals surface area contributed by atoms with Gasteiger partial charge in [-0.25, -0.2) is 15.0 Å². The van der Waals surface area contributed by atoms with Crippen molar-refractivity contribution in [3.63, 3.8) is 0 Å². The van der Waals surface area contributed by atoms with E-state index >= 15 is 0 Å². The first-order valence-electron chi connectivity index (χ1n) is 18.0. The highest BCUT2D eigenvalue weighted by Gasteiger charge is 2.14. The Morgan fingerprint density at radius 1 is 0.473 bits per heavy atom. The predicted molar refractivity (Wildman–Crippen MR) is 239 cm³/mol. The Bertz CT molecular complexity index is 1830. The van der Waals surface area contributed by atoms with Crippen LogP contribution in [-0.2, 0) is 0 Å². The average Bonchev–Trinajstić information content (AvgIpc) is 3.19. The smallest absolute Gasteiger partial charge is 0.219 e. The van der Waals surface area contributed by atoms with Crippen molar-refractivity contribution in [1.29, 1.82) is 0 Å². The minimum atomic E-state index is 0.177. The third kappa shape index (κ3) is 20.3. The summed E-state index contributed by atoms with van der Waals surface area (Å²) in [5.41, 5.74) is 5.48. The van der Waals surface area contributed by atoms with Gasteiger partial charge in [-0.3, -0.25) is 0 Å². The molecule has 0 saturated carbocycles. The lowest BCUT2D eigenvalue weighted by atomic mass is 10.2. The maximum atomic E-state index is 4.53. The first-order chi connectivity index (χ1) is 26.3. The van der Waals surface area contributed by atoms with E-state index in [2.05, 4.69) is 114 Å². The van der Waals surface area contributed by atoms with Crippen LogP contribution in [0.2, 0.25) is 0 Å². The van der Waals surface area contributed by atoms with Crippen molar-refractivity contribution in [3.05, 3.63) is 110 Å². The van der Waals surface area contributed by atoms with Crippen LogP contribution in [0.5, 0.6) is 0 Å². The summed E-state index contributed by atoms with van der Waals surface area (Å²) >= 11 is 4.12. The molecule has 0 N–H and O–H groups in total. The maximum Gasteiger partial charge on any atom is 0.220 e. The third-order valence-corrected chi connectivity index (χ3v) is 11.3. The fourth-order valence-corrected chi connectivity index (χ4v) is 7.13. The van der Waals surface area contributed by atoms with E-state index in [1.165, 1.54) is 47.3 Å². The van der Waals surface area contributed by atoms with Crippen molar-refractivity contribution < 1.29 is 0 Å². The van der Waals surface area contributed by atoms with Crippen LogP contribution in [0.15, 0.2) is 125 Å². The fourth-order valence-electron chi connectivity index (χ4n) is 3.95. The normalized spacial score (nSPS) is 10.9. The van der Waals surface area contributed by atoms with E-state index in [0.717, 1.165) is 33.8 Å².